The van der Waals surface area contributed by atoms with E-state index >= 15 is 0 Å². The second-order valence-corrected chi connectivity index (χ2v) is 5.47. The lowest BCUT2D eigenvalue weighted by Gasteiger charge is -2.20. The van der Waals surface area contributed by atoms with Gasteiger partial charge in [0.05, 0.1) is 18.4 Å². The standard InChI is InChI=1S/C14H24N2O3/c1-19-9-6-15-13(17)11-10-12(11)14(18)16-7-4-2-3-5-8-16/h11-12H,2-10H2,1H3,(H,15,17). The molecule has 1 aliphatic carbocycles. The van der Waals surface area contributed by atoms with E-state index in [4.69, 9.17) is 4.74 Å². The van der Waals surface area contributed by atoms with E-state index in [-0.39, 0.29) is 23.7 Å². The van der Waals surface area contributed by atoms with E-state index in [9.17, 15) is 9.59 Å². The number of rotatable bonds is 5. The van der Waals surface area contributed by atoms with Crippen LogP contribution in [0.5, 0.6) is 0 Å². The molecule has 0 aromatic rings. The fourth-order valence-corrected chi connectivity index (χ4v) is 2.69. The highest BCUT2D eigenvalue weighted by Crippen LogP contribution is 2.40. The molecule has 1 N–H and O–H groups in total. The van der Waals surface area contributed by atoms with Crippen LogP contribution in [0.25, 0.3) is 0 Å². The Bertz CT molecular complexity index is 325. The first-order valence-electron chi connectivity index (χ1n) is 7.29. The summed E-state index contributed by atoms with van der Waals surface area (Å²) in [5, 5.41) is 2.81. The number of carbonyl (C=O) groups is 2. The van der Waals surface area contributed by atoms with Crippen molar-refractivity contribution in [1.82, 2.24) is 10.2 Å². The summed E-state index contributed by atoms with van der Waals surface area (Å²) in [5.74, 6) is 0.0206. The lowest BCUT2D eigenvalue weighted by molar-refractivity contribution is -0.134. The highest BCUT2D eigenvalue weighted by molar-refractivity contribution is 5.92. The highest BCUT2D eigenvalue weighted by Gasteiger charge is 2.49. The first kappa shape index (κ1) is 14.3. The van der Waals surface area contributed by atoms with E-state index in [1.165, 1.54) is 12.8 Å². The number of methoxy groups -OCH3 is 1. The van der Waals surface area contributed by atoms with Crippen molar-refractivity contribution in [3.63, 3.8) is 0 Å². The van der Waals surface area contributed by atoms with Crippen LogP contribution < -0.4 is 5.32 Å². The monoisotopic (exact) mass is 268 g/mol. The molecule has 19 heavy (non-hydrogen) atoms. The molecule has 2 aliphatic rings. The molecule has 0 aromatic heterocycles. The average Bonchev–Trinajstić information content (AvgIpc) is 3.22. The number of likely N-dealkylation sites (tertiary alicyclic amines) is 1. The first-order chi connectivity index (χ1) is 9.24. The van der Waals surface area contributed by atoms with E-state index in [0.29, 0.717) is 19.6 Å². The summed E-state index contributed by atoms with van der Waals surface area (Å²) in [7, 11) is 1.61. The van der Waals surface area contributed by atoms with Gasteiger partial charge in [0.2, 0.25) is 11.8 Å². The van der Waals surface area contributed by atoms with Crippen molar-refractivity contribution in [2.24, 2.45) is 11.8 Å². The second-order valence-electron chi connectivity index (χ2n) is 5.47. The molecule has 2 rings (SSSR count). The van der Waals surface area contributed by atoms with Crippen LogP contribution in [0, 0.1) is 11.8 Å². The van der Waals surface area contributed by atoms with Gasteiger partial charge >= 0.3 is 0 Å². The predicted molar refractivity (Wildman–Crippen MR) is 71.5 cm³/mol. The van der Waals surface area contributed by atoms with Crippen LogP contribution in [0.2, 0.25) is 0 Å². The van der Waals surface area contributed by atoms with Gasteiger partial charge in [-0.2, -0.15) is 0 Å². The smallest absolute Gasteiger partial charge is 0.226 e. The Labute approximate surface area is 114 Å². The Morgan fingerprint density at radius 1 is 1.16 bits per heavy atom. The zero-order valence-electron chi connectivity index (χ0n) is 11.7. The molecule has 2 atom stereocenters. The van der Waals surface area contributed by atoms with E-state index in [1.807, 2.05) is 4.90 Å². The third-order valence-corrected chi connectivity index (χ3v) is 3.97. The van der Waals surface area contributed by atoms with Crippen LogP contribution in [-0.2, 0) is 14.3 Å². The number of ether oxygens (including phenoxy) is 1. The van der Waals surface area contributed by atoms with Crippen LogP contribution in [0.4, 0.5) is 0 Å². The lowest BCUT2D eigenvalue weighted by atomic mass is 10.2. The zero-order valence-corrected chi connectivity index (χ0v) is 11.7. The summed E-state index contributed by atoms with van der Waals surface area (Å²) in [6.07, 6.45) is 5.35. The van der Waals surface area contributed by atoms with Gasteiger partial charge < -0.3 is 15.0 Å². The van der Waals surface area contributed by atoms with Crippen LogP contribution in [0.15, 0.2) is 0 Å². The van der Waals surface area contributed by atoms with Crippen LogP contribution in [-0.4, -0.2) is 50.1 Å². The first-order valence-corrected chi connectivity index (χ1v) is 7.29. The average molecular weight is 268 g/mol. The Kier molecular flexibility index (Phi) is 5.19. The molecule has 0 spiro atoms. The van der Waals surface area contributed by atoms with Crippen molar-refractivity contribution in [3.8, 4) is 0 Å². The summed E-state index contributed by atoms with van der Waals surface area (Å²) in [6, 6.07) is 0. The molecule has 2 unspecified atom stereocenters. The van der Waals surface area contributed by atoms with Gasteiger partial charge in [-0.3, -0.25) is 9.59 Å². The topological polar surface area (TPSA) is 58.6 Å². The molecule has 5 heteroatoms. The largest absolute Gasteiger partial charge is 0.383 e. The Balaban J connectivity index is 1.74. The van der Waals surface area contributed by atoms with E-state index in [1.54, 1.807) is 7.11 Å². The number of hydrogen-bond acceptors (Lipinski definition) is 3. The molecule has 2 amide bonds. The third kappa shape index (κ3) is 3.93. The van der Waals surface area contributed by atoms with Gasteiger partial charge in [0, 0.05) is 26.7 Å². The minimum absolute atomic E-state index is 0.00484. The fourth-order valence-electron chi connectivity index (χ4n) is 2.69. The molecule has 1 aliphatic heterocycles. The lowest BCUT2D eigenvalue weighted by Crippen LogP contribution is -2.35. The molecule has 0 radical (unpaired) electrons. The van der Waals surface area contributed by atoms with Crippen LogP contribution >= 0.6 is 0 Å². The number of hydrogen-bond donors (Lipinski definition) is 1. The van der Waals surface area contributed by atoms with Crippen LogP contribution in [0.1, 0.15) is 32.1 Å². The van der Waals surface area contributed by atoms with Crippen molar-refractivity contribution in [3.05, 3.63) is 0 Å². The molecule has 0 aromatic carbocycles. The normalized spacial score (nSPS) is 26.7. The maximum absolute atomic E-state index is 12.3. The van der Waals surface area contributed by atoms with E-state index in [2.05, 4.69) is 5.32 Å². The van der Waals surface area contributed by atoms with Gasteiger partial charge in [0.1, 0.15) is 0 Å². The minimum Gasteiger partial charge on any atom is -0.383 e. The third-order valence-electron chi connectivity index (χ3n) is 3.97. The summed E-state index contributed by atoms with van der Waals surface area (Å²) < 4.78 is 4.89. The van der Waals surface area contributed by atoms with Crippen molar-refractivity contribution >= 4 is 11.8 Å². The molecular formula is C14H24N2O3. The number of amides is 2. The van der Waals surface area contributed by atoms with Gasteiger partial charge in [-0.25, -0.2) is 0 Å². The van der Waals surface area contributed by atoms with Crippen molar-refractivity contribution in [2.75, 3.05) is 33.4 Å². The van der Waals surface area contributed by atoms with Gasteiger partial charge in [-0.1, -0.05) is 12.8 Å². The molecule has 108 valence electrons. The number of nitrogens with one attached hydrogen (secondary N) is 1. The maximum Gasteiger partial charge on any atom is 0.226 e. The molecule has 2 fully saturated rings. The molecule has 5 nitrogen and oxygen atoms in total. The van der Waals surface area contributed by atoms with Crippen molar-refractivity contribution in [2.45, 2.75) is 32.1 Å². The molecule has 1 saturated heterocycles. The molecular weight excluding hydrogens is 244 g/mol. The van der Waals surface area contributed by atoms with Gasteiger partial charge in [0.15, 0.2) is 0 Å². The minimum atomic E-state index is -0.104. The van der Waals surface area contributed by atoms with Gasteiger partial charge in [-0.05, 0) is 19.3 Å². The maximum atomic E-state index is 12.3. The summed E-state index contributed by atoms with van der Waals surface area (Å²) >= 11 is 0. The number of carbonyl (C=O) groups excluding carboxylic acids is 2. The zero-order chi connectivity index (χ0) is 13.7. The summed E-state index contributed by atoms with van der Waals surface area (Å²) in [5.41, 5.74) is 0. The summed E-state index contributed by atoms with van der Waals surface area (Å²) in [4.78, 5) is 26.0. The van der Waals surface area contributed by atoms with Crippen LogP contribution in [0.3, 0.4) is 0 Å². The Morgan fingerprint density at radius 3 is 2.47 bits per heavy atom. The van der Waals surface area contributed by atoms with Crippen molar-refractivity contribution < 1.29 is 14.3 Å². The highest BCUT2D eigenvalue weighted by atomic mass is 16.5. The SMILES string of the molecule is COCCNC(=O)C1CC1C(=O)N1CCCCCC1. The fraction of sp³-hybridized carbons (Fsp3) is 0.857. The molecule has 1 heterocycles. The van der Waals surface area contributed by atoms with E-state index < -0.39 is 0 Å². The quantitative estimate of drug-likeness (QED) is 0.750. The summed E-state index contributed by atoms with van der Waals surface area (Å²) in [6.45, 7) is 2.78. The Hall–Kier alpha value is -1.10. The van der Waals surface area contributed by atoms with E-state index in [0.717, 1.165) is 25.9 Å². The number of nitrogens with zero attached hydrogens (tertiary/aromatic N) is 1. The molecule has 0 bridgehead atoms. The van der Waals surface area contributed by atoms with Crippen molar-refractivity contribution in [1.29, 1.82) is 0 Å². The Morgan fingerprint density at radius 2 is 1.84 bits per heavy atom. The second kappa shape index (κ2) is 6.89. The predicted octanol–water partition coefficient (Wildman–Crippen LogP) is 0.788. The van der Waals surface area contributed by atoms with Gasteiger partial charge in [0.25, 0.3) is 0 Å². The van der Waals surface area contributed by atoms with Gasteiger partial charge in [-0.15, -0.1) is 0 Å². The molecule has 1 saturated carbocycles.